The highest BCUT2D eigenvalue weighted by Crippen LogP contribution is 2.38. The van der Waals surface area contributed by atoms with Crippen molar-refractivity contribution in [1.82, 2.24) is 10.2 Å². The first kappa shape index (κ1) is 19.9. The number of morpholine rings is 1. The third-order valence-electron chi connectivity index (χ3n) is 4.71. The maximum Gasteiger partial charge on any atom is 0.321 e. The number of esters is 1. The number of ether oxygens (including phenoxy) is 4. The summed E-state index contributed by atoms with van der Waals surface area (Å²) in [5, 5.41) is 2.75. The lowest BCUT2D eigenvalue weighted by atomic mass is 9.90. The Labute approximate surface area is 163 Å². The molecule has 0 radical (unpaired) electrons. The molecule has 1 fully saturated rings. The molecule has 0 saturated carbocycles. The Kier molecular flexibility index (Phi) is 6.35. The normalized spacial score (nSPS) is 22.2. The molecule has 2 aliphatic heterocycles. The summed E-state index contributed by atoms with van der Waals surface area (Å²) in [5.41, 5.74) is 0.613. The van der Waals surface area contributed by atoms with Gasteiger partial charge in [-0.15, -0.1) is 0 Å². The molecule has 152 valence electrons. The number of hydrogen-bond acceptors (Lipinski definition) is 8. The second kappa shape index (κ2) is 8.92. The van der Waals surface area contributed by atoms with Crippen LogP contribution in [0.2, 0.25) is 0 Å². The van der Waals surface area contributed by atoms with E-state index in [4.69, 9.17) is 23.9 Å². The number of carbonyl (C=O) groups excluding carboxylic acids is 2. The summed E-state index contributed by atoms with van der Waals surface area (Å²) in [6.45, 7) is 4.18. The van der Waals surface area contributed by atoms with E-state index in [9.17, 15) is 9.59 Å². The van der Waals surface area contributed by atoms with Crippen LogP contribution in [-0.2, 0) is 19.1 Å². The number of benzene rings is 1. The van der Waals surface area contributed by atoms with Gasteiger partial charge in [0.2, 0.25) is 11.9 Å². The van der Waals surface area contributed by atoms with E-state index in [0.29, 0.717) is 49.3 Å². The number of amides is 1. The van der Waals surface area contributed by atoms with Crippen molar-refractivity contribution in [3.63, 3.8) is 0 Å². The summed E-state index contributed by atoms with van der Waals surface area (Å²) < 4.78 is 21.2. The van der Waals surface area contributed by atoms with Gasteiger partial charge in [0.15, 0.2) is 5.92 Å². The van der Waals surface area contributed by atoms with Gasteiger partial charge in [0.05, 0.1) is 34.0 Å². The van der Waals surface area contributed by atoms with E-state index in [0.717, 1.165) is 0 Å². The number of methoxy groups -OCH3 is 2. The molecular weight excluding hydrogens is 366 g/mol. The highest BCUT2D eigenvalue weighted by atomic mass is 16.5. The number of hydrogen-bond donors (Lipinski definition) is 1. The Balaban J connectivity index is 2.04. The second-order valence-corrected chi connectivity index (χ2v) is 6.32. The Morgan fingerprint density at radius 1 is 1.29 bits per heavy atom. The summed E-state index contributed by atoms with van der Waals surface area (Å²) in [7, 11) is 3.08. The highest BCUT2D eigenvalue weighted by Gasteiger charge is 2.43. The topological polar surface area (TPSA) is 98.7 Å². The van der Waals surface area contributed by atoms with Crippen molar-refractivity contribution in [1.29, 1.82) is 0 Å². The van der Waals surface area contributed by atoms with Crippen LogP contribution >= 0.6 is 0 Å². The van der Waals surface area contributed by atoms with E-state index < -0.39 is 23.8 Å². The summed E-state index contributed by atoms with van der Waals surface area (Å²) in [6.07, 6.45) is 0. The molecule has 0 unspecified atom stereocenters. The van der Waals surface area contributed by atoms with Gasteiger partial charge in [-0.1, -0.05) is 0 Å². The van der Waals surface area contributed by atoms with Gasteiger partial charge in [0, 0.05) is 24.7 Å². The molecule has 9 nitrogen and oxygen atoms in total. The molecule has 2 aliphatic rings. The van der Waals surface area contributed by atoms with Crippen molar-refractivity contribution >= 4 is 17.8 Å². The van der Waals surface area contributed by atoms with E-state index in [2.05, 4.69) is 5.32 Å². The van der Waals surface area contributed by atoms with Crippen LogP contribution in [0.15, 0.2) is 23.2 Å². The number of carbonyl (C=O) groups is 2. The molecule has 1 aromatic rings. The lowest BCUT2D eigenvalue weighted by Gasteiger charge is -2.35. The van der Waals surface area contributed by atoms with Crippen molar-refractivity contribution in [2.75, 3.05) is 47.1 Å². The molecule has 0 spiro atoms. The minimum Gasteiger partial charge on any atom is -0.497 e. The maximum absolute atomic E-state index is 12.9. The van der Waals surface area contributed by atoms with Gasteiger partial charge in [-0.2, -0.15) is 0 Å². The molecule has 2 atom stereocenters. The van der Waals surface area contributed by atoms with Crippen LogP contribution < -0.4 is 14.8 Å². The Hall–Kier alpha value is -2.81. The van der Waals surface area contributed by atoms with E-state index in [1.807, 2.05) is 4.90 Å². The van der Waals surface area contributed by atoms with Gasteiger partial charge in [-0.05, 0) is 19.1 Å². The van der Waals surface area contributed by atoms with Crippen LogP contribution in [0.4, 0.5) is 0 Å². The quantitative estimate of drug-likeness (QED) is 0.584. The zero-order chi connectivity index (χ0) is 20.1. The molecule has 0 aromatic heterocycles. The number of aliphatic imine (C=N–C) groups is 1. The van der Waals surface area contributed by atoms with Crippen LogP contribution in [-0.4, -0.2) is 69.9 Å². The Morgan fingerprint density at radius 3 is 2.68 bits per heavy atom. The van der Waals surface area contributed by atoms with Crippen molar-refractivity contribution in [3.05, 3.63) is 23.8 Å². The van der Waals surface area contributed by atoms with E-state index in [1.54, 1.807) is 32.2 Å². The predicted molar refractivity (Wildman–Crippen MR) is 100 cm³/mol. The van der Waals surface area contributed by atoms with Gasteiger partial charge < -0.3 is 23.8 Å². The maximum atomic E-state index is 12.9. The molecule has 9 heteroatoms. The average Bonchev–Trinajstić information content (AvgIpc) is 2.73. The van der Waals surface area contributed by atoms with Crippen LogP contribution in [0, 0.1) is 5.92 Å². The summed E-state index contributed by atoms with van der Waals surface area (Å²) in [5.74, 6) is -0.654. The smallest absolute Gasteiger partial charge is 0.321 e. The van der Waals surface area contributed by atoms with Gasteiger partial charge in [0.25, 0.3) is 0 Å². The fraction of sp³-hybridized carbons (Fsp3) is 0.526. The molecule has 1 N–H and O–H groups in total. The van der Waals surface area contributed by atoms with Crippen molar-refractivity contribution in [2.45, 2.75) is 13.0 Å². The molecule has 0 bridgehead atoms. The standard InChI is InChI=1S/C19H25N3O6/c1-4-28-18(24)15-16(13-6-5-12(25-2)11-14(13)26-3)20-19(21-17(15)23)22-7-9-27-10-8-22/h5-6,11,15-16H,4,7-10H2,1-3H3,(H,20,21,23)/t15-,16-/m1/s1. The van der Waals surface area contributed by atoms with Gasteiger partial charge in [-0.3, -0.25) is 14.9 Å². The summed E-state index contributed by atoms with van der Waals surface area (Å²) in [4.78, 5) is 32.0. The first-order chi connectivity index (χ1) is 13.6. The Bertz CT molecular complexity index is 760. The van der Waals surface area contributed by atoms with Crippen LogP contribution in [0.3, 0.4) is 0 Å². The SMILES string of the molecule is CCOC(=O)[C@H]1C(=O)NC(N2CCOCC2)=N[C@@H]1c1ccc(OC)cc1OC. The van der Waals surface area contributed by atoms with E-state index in [1.165, 1.54) is 7.11 Å². The fourth-order valence-corrected chi connectivity index (χ4v) is 3.29. The molecule has 0 aliphatic carbocycles. The lowest BCUT2D eigenvalue weighted by Crippen LogP contribution is -2.55. The highest BCUT2D eigenvalue weighted by molar-refractivity contribution is 6.08. The number of guanidine groups is 1. The third-order valence-corrected chi connectivity index (χ3v) is 4.71. The second-order valence-electron chi connectivity index (χ2n) is 6.32. The molecule has 1 amide bonds. The zero-order valence-electron chi connectivity index (χ0n) is 16.3. The molecular formula is C19H25N3O6. The molecule has 1 aromatic carbocycles. The summed E-state index contributed by atoms with van der Waals surface area (Å²) in [6, 6.07) is 4.43. The first-order valence-corrected chi connectivity index (χ1v) is 9.19. The molecule has 2 heterocycles. The largest absolute Gasteiger partial charge is 0.497 e. The summed E-state index contributed by atoms with van der Waals surface area (Å²) >= 11 is 0. The minimum absolute atomic E-state index is 0.176. The zero-order valence-corrected chi connectivity index (χ0v) is 16.3. The third kappa shape index (κ3) is 4.04. The van der Waals surface area contributed by atoms with Crippen molar-refractivity contribution < 1.29 is 28.5 Å². The number of rotatable bonds is 5. The van der Waals surface area contributed by atoms with E-state index in [-0.39, 0.29) is 6.61 Å². The van der Waals surface area contributed by atoms with Crippen LogP contribution in [0.5, 0.6) is 11.5 Å². The first-order valence-electron chi connectivity index (χ1n) is 9.19. The monoisotopic (exact) mass is 391 g/mol. The fourth-order valence-electron chi connectivity index (χ4n) is 3.29. The van der Waals surface area contributed by atoms with E-state index >= 15 is 0 Å². The lowest BCUT2D eigenvalue weighted by molar-refractivity contribution is -0.153. The van der Waals surface area contributed by atoms with Crippen molar-refractivity contribution in [2.24, 2.45) is 10.9 Å². The van der Waals surface area contributed by atoms with Crippen LogP contribution in [0.25, 0.3) is 0 Å². The predicted octanol–water partition coefficient (Wildman–Crippen LogP) is 0.742. The van der Waals surface area contributed by atoms with Crippen LogP contribution in [0.1, 0.15) is 18.5 Å². The number of nitrogens with zero attached hydrogens (tertiary/aromatic N) is 2. The Morgan fingerprint density at radius 2 is 2.04 bits per heavy atom. The van der Waals surface area contributed by atoms with Gasteiger partial charge in [0.1, 0.15) is 17.5 Å². The number of nitrogens with one attached hydrogen (secondary N) is 1. The molecule has 28 heavy (non-hydrogen) atoms. The minimum atomic E-state index is -1.10. The van der Waals surface area contributed by atoms with Gasteiger partial charge >= 0.3 is 5.97 Å². The molecule has 1 saturated heterocycles. The average molecular weight is 391 g/mol. The van der Waals surface area contributed by atoms with Crippen molar-refractivity contribution in [3.8, 4) is 11.5 Å². The molecule has 3 rings (SSSR count). The van der Waals surface area contributed by atoms with Gasteiger partial charge in [-0.25, -0.2) is 4.99 Å².